The molecule has 2 aromatic rings. The molecule has 1 amide bonds. The Hall–Kier alpha value is -0.960. The van der Waals surface area contributed by atoms with Crippen LogP contribution in [0, 0.1) is 0 Å². The molecule has 0 spiro atoms. The van der Waals surface area contributed by atoms with Crippen molar-refractivity contribution in [3.63, 3.8) is 0 Å². The van der Waals surface area contributed by atoms with Gasteiger partial charge in [-0.2, -0.15) is 5.10 Å². The molecule has 2 rings (SSSR count). The lowest BCUT2D eigenvalue weighted by Gasteiger charge is -2.07. The third kappa shape index (κ3) is 6.04. The summed E-state index contributed by atoms with van der Waals surface area (Å²) in [6, 6.07) is 5.87. The van der Waals surface area contributed by atoms with Crippen LogP contribution in [0.25, 0.3) is 10.6 Å². The standard InChI is InChI=1S/C14H20N4OS3/c1-18(2)6-9-22-21-8-5-14(19)15-13-10-11(16-17-13)12-4-3-7-20-12/h3-4,7,10H,5-6,8-9H2,1-2H3,(H2,15,16,17,19). The number of nitrogens with one attached hydrogen (secondary N) is 2. The number of hydrogen-bond donors (Lipinski definition) is 2. The maximum Gasteiger partial charge on any atom is 0.226 e. The van der Waals surface area contributed by atoms with Gasteiger partial charge in [-0.3, -0.25) is 9.89 Å². The monoisotopic (exact) mass is 356 g/mol. The zero-order chi connectivity index (χ0) is 15.8. The molecule has 0 unspecified atom stereocenters. The first-order valence-corrected chi connectivity index (χ1v) is 10.3. The van der Waals surface area contributed by atoms with Gasteiger partial charge in [0.25, 0.3) is 0 Å². The number of thiophene rings is 1. The van der Waals surface area contributed by atoms with Crippen LogP contribution in [-0.4, -0.2) is 53.2 Å². The molecule has 0 aromatic carbocycles. The molecule has 2 N–H and O–H groups in total. The van der Waals surface area contributed by atoms with E-state index in [2.05, 4.69) is 34.5 Å². The minimum absolute atomic E-state index is 0.00457. The van der Waals surface area contributed by atoms with Crippen molar-refractivity contribution in [1.29, 1.82) is 0 Å². The number of carbonyl (C=O) groups excluding carboxylic acids is 1. The average molecular weight is 357 g/mol. The van der Waals surface area contributed by atoms with Gasteiger partial charge in [0, 0.05) is 30.5 Å². The molecule has 0 radical (unpaired) electrons. The molecule has 22 heavy (non-hydrogen) atoms. The van der Waals surface area contributed by atoms with E-state index in [1.807, 2.05) is 23.6 Å². The van der Waals surface area contributed by atoms with Crippen molar-refractivity contribution in [2.45, 2.75) is 6.42 Å². The molecule has 2 aromatic heterocycles. The SMILES string of the molecule is CN(C)CCSSCCC(=O)Nc1cc(-c2cccs2)[nH]n1. The Bertz CT molecular complexity index is 568. The molecule has 2 heterocycles. The Morgan fingerprint density at radius 3 is 2.95 bits per heavy atom. The van der Waals surface area contributed by atoms with Crippen molar-refractivity contribution in [3.8, 4) is 10.6 Å². The van der Waals surface area contributed by atoms with Crippen molar-refractivity contribution in [2.75, 3.05) is 37.5 Å². The van der Waals surface area contributed by atoms with Crippen molar-refractivity contribution < 1.29 is 4.79 Å². The second-order valence-electron chi connectivity index (χ2n) is 4.89. The molecule has 0 aliphatic heterocycles. The lowest BCUT2D eigenvalue weighted by Crippen LogP contribution is -2.14. The largest absolute Gasteiger partial charge is 0.309 e. The maximum atomic E-state index is 11.9. The van der Waals surface area contributed by atoms with E-state index in [0.29, 0.717) is 12.2 Å². The first-order valence-electron chi connectivity index (χ1n) is 6.93. The van der Waals surface area contributed by atoms with Crippen LogP contribution in [0.2, 0.25) is 0 Å². The fourth-order valence-electron chi connectivity index (χ4n) is 1.62. The van der Waals surface area contributed by atoms with Gasteiger partial charge in [0.1, 0.15) is 0 Å². The summed E-state index contributed by atoms with van der Waals surface area (Å²) in [6.07, 6.45) is 0.501. The van der Waals surface area contributed by atoms with Gasteiger partial charge in [-0.05, 0) is 25.5 Å². The van der Waals surface area contributed by atoms with Gasteiger partial charge >= 0.3 is 0 Å². The van der Waals surface area contributed by atoms with Gasteiger partial charge < -0.3 is 10.2 Å². The van der Waals surface area contributed by atoms with Crippen LogP contribution in [0.3, 0.4) is 0 Å². The number of anilines is 1. The molecule has 0 aliphatic carbocycles. The molecular formula is C14H20N4OS3. The summed E-state index contributed by atoms with van der Waals surface area (Å²) in [5.41, 5.74) is 0.930. The minimum Gasteiger partial charge on any atom is -0.309 e. The van der Waals surface area contributed by atoms with Gasteiger partial charge in [0.05, 0.1) is 10.6 Å². The Balaban J connectivity index is 1.65. The number of aromatic nitrogens is 2. The summed E-state index contributed by atoms with van der Waals surface area (Å²) in [7, 11) is 7.67. The van der Waals surface area contributed by atoms with E-state index in [4.69, 9.17) is 0 Å². The van der Waals surface area contributed by atoms with Crippen LogP contribution in [0.15, 0.2) is 23.6 Å². The van der Waals surface area contributed by atoms with Gasteiger partial charge in [-0.25, -0.2) is 0 Å². The van der Waals surface area contributed by atoms with Crippen molar-refractivity contribution in [2.24, 2.45) is 0 Å². The molecule has 0 fully saturated rings. The number of amides is 1. The number of nitrogens with zero attached hydrogens (tertiary/aromatic N) is 2. The van der Waals surface area contributed by atoms with E-state index in [1.165, 1.54) is 0 Å². The normalized spacial score (nSPS) is 11.0. The topological polar surface area (TPSA) is 61.0 Å². The highest BCUT2D eigenvalue weighted by atomic mass is 33.1. The van der Waals surface area contributed by atoms with Gasteiger partial charge in [-0.1, -0.05) is 27.7 Å². The highest BCUT2D eigenvalue weighted by molar-refractivity contribution is 8.76. The van der Waals surface area contributed by atoms with E-state index >= 15 is 0 Å². The van der Waals surface area contributed by atoms with Crippen LogP contribution >= 0.6 is 32.9 Å². The van der Waals surface area contributed by atoms with Crippen LogP contribution in [0.4, 0.5) is 5.82 Å². The summed E-state index contributed by atoms with van der Waals surface area (Å²) in [5.74, 6) is 2.47. The van der Waals surface area contributed by atoms with E-state index in [1.54, 1.807) is 32.9 Å². The molecule has 0 bridgehead atoms. The Labute approximate surface area is 142 Å². The van der Waals surface area contributed by atoms with E-state index in [9.17, 15) is 4.79 Å². The number of carbonyl (C=O) groups is 1. The summed E-state index contributed by atoms with van der Waals surface area (Å²) in [6.45, 7) is 1.06. The lowest BCUT2D eigenvalue weighted by molar-refractivity contribution is -0.115. The van der Waals surface area contributed by atoms with Crippen molar-refractivity contribution >= 4 is 44.6 Å². The number of aromatic amines is 1. The van der Waals surface area contributed by atoms with Crippen LogP contribution in [-0.2, 0) is 4.79 Å². The summed E-state index contributed by atoms with van der Waals surface area (Å²) in [4.78, 5) is 15.1. The maximum absolute atomic E-state index is 11.9. The quantitative estimate of drug-likeness (QED) is 0.532. The Morgan fingerprint density at radius 2 is 2.23 bits per heavy atom. The average Bonchev–Trinajstić information content (AvgIpc) is 3.12. The highest BCUT2D eigenvalue weighted by Gasteiger charge is 2.08. The fourth-order valence-corrected chi connectivity index (χ4v) is 4.44. The summed E-state index contributed by atoms with van der Waals surface area (Å²) < 4.78 is 0. The summed E-state index contributed by atoms with van der Waals surface area (Å²) >= 11 is 1.64. The van der Waals surface area contributed by atoms with Crippen LogP contribution < -0.4 is 5.32 Å². The number of H-pyrrole nitrogens is 1. The molecule has 8 heteroatoms. The predicted molar refractivity (Wildman–Crippen MR) is 98.6 cm³/mol. The molecule has 0 saturated carbocycles. The predicted octanol–water partition coefficient (Wildman–Crippen LogP) is 3.41. The molecule has 5 nitrogen and oxygen atoms in total. The number of hydrogen-bond acceptors (Lipinski definition) is 6. The third-order valence-corrected chi connectivity index (χ3v) is 6.04. The van der Waals surface area contributed by atoms with E-state index in [0.717, 1.165) is 28.6 Å². The first kappa shape index (κ1) is 17.4. The molecular weight excluding hydrogens is 336 g/mol. The molecule has 0 aliphatic rings. The van der Waals surface area contributed by atoms with Crippen molar-refractivity contribution in [3.05, 3.63) is 23.6 Å². The first-order chi connectivity index (χ1) is 10.6. The van der Waals surface area contributed by atoms with Gasteiger partial charge in [0.2, 0.25) is 5.91 Å². The van der Waals surface area contributed by atoms with Gasteiger partial charge in [-0.15, -0.1) is 11.3 Å². The smallest absolute Gasteiger partial charge is 0.226 e. The Morgan fingerprint density at radius 1 is 1.41 bits per heavy atom. The van der Waals surface area contributed by atoms with Crippen LogP contribution in [0.1, 0.15) is 6.42 Å². The summed E-state index contributed by atoms with van der Waals surface area (Å²) in [5, 5.41) is 11.9. The van der Waals surface area contributed by atoms with Crippen molar-refractivity contribution in [1.82, 2.24) is 15.1 Å². The third-order valence-electron chi connectivity index (χ3n) is 2.75. The Kier molecular flexibility index (Phi) is 7.31. The zero-order valence-electron chi connectivity index (χ0n) is 12.7. The number of rotatable bonds is 9. The lowest BCUT2D eigenvalue weighted by atomic mass is 10.3. The minimum atomic E-state index is 0.00457. The van der Waals surface area contributed by atoms with E-state index in [-0.39, 0.29) is 5.91 Å². The van der Waals surface area contributed by atoms with Crippen LogP contribution in [0.5, 0.6) is 0 Å². The molecule has 0 atom stereocenters. The second-order valence-corrected chi connectivity index (χ2v) is 8.54. The molecule has 0 saturated heterocycles. The second kappa shape index (κ2) is 9.24. The van der Waals surface area contributed by atoms with Gasteiger partial charge in [0.15, 0.2) is 5.82 Å². The molecule has 120 valence electrons. The van der Waals surface area contributed by atoms with E-state index < -0.39 is 0 Å². The fraction of sp³-hybridized carbons (Fsp3) is 0.429. The highest BCUT2D eigenvalue weighted by Crippen LogP contribution is 2.25. The zero-order valence-corrected chi connectivity index (χ0v) is 15.1.